The number of guanidine groups is 1. The van der Waals surface area contributed by atoms with Crippen LogP contribution in [0.5, 0.6) is 0 Å². The van der Waals surface area contributed by atoms with Crippen LogP contribution in [0.1, 0.15) is 28.5 Å². The summed E-state index contributed by atoms with van der Waals surface area (Å²) in [6.45, 7) is 7.36. The van der Waals surface area contributed by atoms with Gasteiger partial charge in [-0.25, -0.2) is 0 Å². The molecule has 138 valence electrons. The van der Waals surface area contributed by atoms with Crippen LogP contribution in [0.3, 0.4) is 0 Å². The lowest BCUT2D eigenvalue weighted by Gasteiger charge is -2.35. The van der Waals surface area contributed by atoms with E-state index in [0.717, 1.165) is 37.7 Å². The van der Waals surface area contributed by atoms with Crippen LogP contribution in [0.4, 0.5) is 0 Å². The van der Waals surface area contributed by atoms with E-state index in [-0.39, 0.29) is 6.10 Å². The molecule has 1 fully saturated rings. The number of aromatic nitrogens is 1. The summed E-state index contributed by atoms with van der Waals surface area (Å²) in [5, 5.41) is 3.48. The Balaban J connectivity index is 1.57. The zero-order valence-corrected chi connectivity index (χ0v) is 15.9. The van der Waals surface area contributed by atoms with Crippen molar-refractivity contribution in [3.05, 3.63) is 65.0 Å². The summed E-state index contributed by atoms with van der Waals surface area (Å²) in [5.74, 6) is 0.937. The molecule has 1 atom stereocenters. The van der Waals surface area contributed by atoms with Gasteiger partial charge in [0.05, 0.1) is 13.2 Å². The number of nitrogens with zero attached hydrogens (tertiary/aromatic N) is 3. The molecule has 1 aliphatic heterocycles. The van der Waals surface area contributed by atoms with Crippen molar-refractivity contribution in [1.82, 2.24) is 15.2 Å². The first-order valence-electron chi connectivity index (χ1n) is 9.21. The van der Waals surface area contributed by atoms with Gasteiger partial charge in [0.1, 0.15) is 6.10 Å². The van der Waals surface area contributed by atoms with Gasteiger partial charge < -0.3 is 15.0 Å². The minimum absolute atomic E-state index is 0.0878. The van der Waals surface area contributed by atoms with Crippen molar-refractivity contribution in [1.29, 1.82) is 0 Å². The molecule has 0 spiro atoms. The highest BCUT2D eigenvalue weighted by Crippen LogP contribution is 2.24. The van der Waals surface area contributed by atoms with E-state index in [4.69, 9.17) is 4.74 Å². The van der Waals surface area contributed by atoms with Gasteiger partial charge in [0.25, 0.3) is 0 Å². The number of hydrogen-bond acceptors (Lipinski definition) is 3. The molecular formula is C21H28N4O. The number of aryl methyl sites for hydroxylation is 2. The third kappa shape index (κ3) is 4.61. The Labute approximate surface area is 156 Å². The fraction of sp³-hybridized carbons (Fsp3) is 0.429. The minimum Gasteiger partial charge on any atom is -0.370 e. The normalized spacial score (nSPS) is 18.0. The van der Waals surface area contributed by atoms with Gasteiger partial charge >= 0.3 is 0 Å². The van der Waals surface area contributed by atoms with Gasteiger partial charge in [-0.2, -0.15) is 0 Å². The van der Waals surface area contributed by atoms with E-state index < -0.39 is 0 Å². The Kier molecular flexibility index (Phi) is 6.23. The number of benzene rings is 1. The maximum absolute atomic E-state index is 6.02. The van der Waals surface area contributed by atoms with Gasteiger partial charge in [0, 0.05) is 32.0 Å². The van der Waals surface area contributed by atoms with E-state index in [0.29, 0.717) is 6.61 Å². The molecule has 1 unspecified atom stereocenters. The Hall–Kier alpha value is -2.40. The van der Waals surface area contributed by atoms with Crippen LogP contribution in [0.25, 0.3) is 0 Å². The zero-order chi connectivity index (χ0) is 18.4. The van der Waals surface area contributed by atoms with E-state index in [1.54, 1.807) is 0 Å². The summed E-state index contributed by atoms with van der Waals surface area (Å²) in [7, 11) is 1.84. The van der Waals surface area contributed by atoms with Crippen molar-refractivity contribution in [2.24, 2.45) is 4.99 Å². The second-order valence-electron chi connectivity index (χ2n) is 6.69. The predicted octanol–water partition coefficient (Wildman–Crippen LogP) is 2.89. The second-order valence-corrected chi connectivity index (χ2v) is 6.69. The van der Waals surface area contributed by atoms with Gasteiger partial charge in [-0.05, 0) is 43.0 Å². The van der Waals surface area contributed by atoms with Gasteiger partial charge in [0.2, 0.25) is 0 Å². The fourth-order valence-corrected chi connectivity index (χ4v) is 3.28. The lowest BCUT2D eigenvalue weighted by molar-refractivity contribution is -0.00829. The highest BCUT2D eigenvalue weighted by atomic mass is 16.5. The molecule has 0 bridgehead atoms. The molecule has 26 heavy (non-hydrogen) atoms. The number of aliphatic imine (C=N–C) groups is 1. The number of pyridine rings is 1. The Morgan fingerprint density at radius 3 is 2.85 bits per heavy atom. The van der Waals surface area contributed by atoms with E-state index in [9.17, 15) is 0 Å². The van der Waals surface area contributed by atoms with Crippen molar-refractivity contribution in [3.8, 4) is 0 Å². The molecular weight excluding hydrogens is 324 g/mol. The maximum Gasteiger partial charge on any atom is 0.193 e. The second kappa shape index (κ2) is 8.81. The molecule has 1 N–H and O–H groups in total. The predicted molar refractivity (Wildman–Crippen MR) is 105 cm³/mol. The molecule has 5 nitrogen and oxygen atoms in total. The summed E-state index contributed by atoms with van der Waals surface area (Å²) in [6.07, 6.45) is 2.96. The van der Waals surface area contributed by atoms with Crippen LogP contribution in [-0.2, 0) is 11.2 Å². The molecule has 3 rings (SSSR count). The van der Waals surface area contributed by atoms with Crippen LogP contribution in [0.2, 0.25) is 0 Å². The lowest BCUT2D eigenvalue weighted by atomic mass is 10.0. The minimum atomic E-state index is 0.0878. The zero-order valence-electron chi connectivity index (χ0n) is 15.9. The van der Waals surface area contributed by atoms with Gasteiger partial charge in [0.15, 0.2) is 5.96 Å². The number of nitrogens with one attached hydrogen (secondary N) is 1. The summed E-state index contributed by atoms with van der Waals surface area (Å²) in [5.41, 5.74) is 4.82. The third-order valence-electron chi connectivity index (χ3n) is 4.78. The average Bonchev–Trinajstić information content (AvgIpc) is 2.67. The van der Waals surface area contributed by atoms with E-state index >= 15 is 0 Å². The summed E-state index contributed by atoms with van der Waals surface area (Å²) < 4.78 is 6.02. The van der Waals surface area contributed by atoms with Crippen molar-refractivity contribution >= 4 is 5.96 Å². The van der Waals surface area contributed by atoms with Crippen molar-refractivity contribution in [2.75, 3.05) is 33.3 Å². The quantitative estimate of drug-likeness (QED) is 0.679. The molecule has 1 aliphatic rings. The van der Waals surface area contributed by atoms with Crippen LogP contribution in [0, 0.1) is 13.8 Å². The third-order valence-corrected chi connectivity index (χ3v) is 4.78. The molecule has 1 aromatic carbocycles. The highest BCUT2D eigenvalue weighted by Gasteiger charge is 2.24. The molecule has 5 heteroatoms. The molecule has 0 amide bonds. The first kappa shape index (κ1) is 18.4. The average molecular weight is 352 g/mol. The van der Waals surface area contributed by atoms with Gasteiger partial charge in [-0.3, -0.25) is 9.98 Å². The number of hydrogen-bond donors (Lipinski definition) is 1. The molecule has 0 aliphatic carbocycles. The number of morpholine rings is 1. The monoisotopic (exact) mass is 352 g/mol. The van der Waals surface area contributed by atoms with E-state index in [1.807, 2.05) is 20.2 Å². The summed E-state index contributed by atoms with van der Waals surface area (Å²) >= 11 is 0. The summed E-state index contributed by atoms with van der Waals surface area (Å²) in [6, 6.07) is 12.6. The Bertz CT molecular complexity index is 742. The van der Waals surface area contributed by atoms with Crippen LogP contribution >= 0.6 is 0 Å². The summed E-state index contributed by atoms with van der Waals surface area (Å²) in [4.78, 5) is 11.1. The SMILES string of the molecule is CN=C(NCCc1ccc(C)nc1)N1CCOC(c2ccccc2C)C1. The topological polar surface area (TPSA) is 49.8 Å². The first-order valence-corrected chi connectivity index (χ1v) is 9.21. The van der Waals surface area contributed by atoms with Crippen molar-refractivity contribution in [2.45, 2.75) is 26.4 Å². The number of ether oxygens (including phenoxy) is 1. The van der Waals surface area contributed by atoms with E-state index in [1.165, 1.54) is 16.7 Å². The Morgan fingerprint density at radius 2 is 2.12 bits per heavy atom. The highest BCUT2D eigenvalue weighted by molar-refractivity contribution is 5.80. The molecule has 0 radical (unpaired) electrons. The maximum atomic E-state index is 6.02. The van der Waals surface area contributed by atoms with E-state index in [2.05, 4.69) is 63.5 Å². The molecule has 0 saturated carbocycles. The smallest absolute Gasteiger partial charge is 0.193 e. The van der Waals surface area contributed by atoms with Crippen LogP contribution < -0.4 is 5.32 Å². The van der Waals surface area contributed by atoms with Crippen LogP contribution in [0.15, 0.2) is 47.6 Å². The van der Waals surface area contributed by atoms with Gasteiger partial charge in [-0.15, -0.1) is 0 Å². The number of rotatable bonds is 4. The standard InChI is InChI=1S/C21H28N4O/c1-16-6-4-5-7-19(16)20-15-25(12-13-26-20)21(22-3)23-11-10-18-9-8-17(2)24-14-18/h4-9,14,20H,10-13,15H2,1-3H3,(H,22,23). The van der Waals surface area contributed by atoms with Crippen molar-refractivity contribution in [3.63, 3.8) is 0 Å². The Morgan fingerprint density at radius 1 is 1.27 bits per heavy atom. The first-order chi connectivity index (χ1) is 12.7. The van der Waals surface area contributed by atoms with Gasteiger partial charge in [-0.1, -0.05) is 30.3 Å². The molecule has 2 aromatic rings. The molecule has 2 heterocycles. The largest absolute Gasteiger partial charge is 0.370 e. The van der Waals surface area contributed by atoms with Crippen LogP contribution in [-0.4, -0.2) is 49.1 Å². The molecule has 1 saturated heterocycles. The van der Waals surface area contributed by atoms with Crippen molar-refractivity contribution < 1.29 is 4.74 Å². The molecule has 1 aromatic heterocycles. The fourth-order valence-electron chi connectivity index (χ4n) is 3.28. The lowest BCUT2D eigenvalue weighted by Crippen LogP contribution is -2.48.